The number of aromatic nitrogens is 2. The number of hydrogen-bond donors (Lipinski definition) is 1. The molecule has 1 amide bonds. The van der Waals surface area contributed by atoms with Gasteiger partial charge < -0.3 is 10.2 Å². The number of hydrogen-bond acceptors (Lipinski definition) is 4. The largest absolute Gasteiger partial charge is 0.355 e. The molecular weight excluding hydrogens is 383 g/mol. The van der Waals surface area contributed by atoms with E-state index in [1.54, 1.807) is 25.1 Å². The van der Waals surface area contributed by atoms with Crippen molar-refractivity contribution in [2.45, 2.75) is 39.2 Å². The van der Waals surface area contributed by atoms with Crippen LogP contribution in [0.25, 0.3) is 10.8 Å². The monoisotopic (exact) mass is 408 g/mol. The zero-order valence-corrected chi connectivity index (χ0v) is 17.0. The molecule has 0 spiro atoms. The second-order valence-corrected chi connectivity index (χ2v) is 7.75. The quantitative estimate of drug-likeness (QED) is 0.712. The van der Waals surface area contributed by atoms with Crippen molar-refractivity contribution in [2.75, 3.05) is 23.3 Å². The summed E-state index contributed by atoms with van der Waals surface area (Å²) < 4.78 is 15.0. The van der Waals surface area contributed by atoms with Crippen LogP contribution in [0.2, 0.25) is 0 Å². The van der Waals surface area contributed by atoms with Gasteiger partial charge in [-0.15, -0.1) is 0 Å². The highest BCUT2D eigenvalue weighted by Crippen LogP contribution is 2.24. The number of halogens is 1. The summed E-state index contributed by atoms with van der Waals surface area (Å²) in [5.41, 5.74) is 0.543. The number of carbonyl (C=O) groups excluding carboxylic acids is 1. The van der Waals surface area contributed by atoms with Crippen LogP contribution in [0.15, 0.2) is 47.3 Å². The van der Waals surface area contributed by atoms with Crippen LogP contribution in [-0.2, 0) is 11.3 Å². The Morgan fingerprint density at radius 1 is 1.07 bits per heavy atom. The van der Waals surface area contributed by atoms with Crippen molar-refractivity contribution in [3.63, 3.8) is 0 Å². The molecule has 2 heterocycles. The lowest BCUT2D eigenvalue weighted by molar-refractivity contribution is -0.117. The molecule has 1 aliphatic rings. The number of nitrogens with one attached hydrogen (secondary N) is 1. The van der Waals surface area contributed by atoms with E-state index in [4.69, 9.17) is 0 Å². The molecule has 30 heavy (non-hydrogen) atoms. The normalized spacial score (nSPS) is 14.5. The van der Waals surface area contributed by atoms with E-state index in [2.05, 4.69) is 15.3 Å². The number of anilines is 2. The molecule has 0 bridgehead atoms. The molecule has 0 aliphatic carbocycles. The Morgan fingerprint density at radius 3 is 2.47 bits per heavy atom. The number of aryl methyl sites for hydroxylation is 1. The third-order valence-corrected chi connectivity index (χ3v) is 5.50. The first-order valence-corrected chi connectivity index (χ1v) is 10.3. The number of rotatable bonds is 4. The summed E-state index contributed by atoms with van der Waals surface area (Å²) in [7, 11) is 0. The molecule has 0 atom stereocenters. The van der Waals surface area contributed by atoms with E-state index in [-0.39, 0.29) is 12.1 Å². The molecule has 2 aromatic carbocycles. The average molecular weight is 408 g/mol. The van der Waals surface area contributed by atoms with E-state index >= 15 is 0 Å². The van der Waals surface area contributed by atoms with Crippen molar-refractivity contribution in [1.82, 2.24) is 9.78 Å². The van der Waals surface area contributed by atoms with Crippen molar-refractivity contribution < 1.29 is 9.18 Å². The van der Waals surface area contributed by atoms with Crippen LogP contribution in [0.5, 0.6) is 0 Å². The van der Waals surface area contributed by atoms with Gasteiger partial charge in [-0.05, 0) is 43.5 Å². The smallest absolute Gasteiger partial charge is 0.275 e. The van der Waals surface area contributed by atoms with Crippen LogP contribution in [-0.4, -0.2) is 28.8 Å². The van der Waals surface area contributed by atoms with Gasteiger partial charge in [-0.1, -0.05) is 37.1 Å². The fourth-order valence-corrected chi connectivity index (χ4v) is 3.85. The van der Waals surface area contributed by atoms with Gasteiger partial charge in [-0.25, -0.2) is 9.07 Å². The molecule has 0 saturated carbocycles. The Hall–Kier alpha value is -3.22. The first-order valence-electron chi connectivity index (χ1n) is 10.3. The van der Waals surface area contributed by atoms with E-state index in [1.807, 2.05) is 18.2 Å². The lowest BCUT2D eigenvalue weighted by Gasteiger charge is -2.23. The Kier molecular flexibility index (Phi) is 5.79. The minimum absolute atomic E-state index is 0.236. The van der Waals surface area contributed by atoms with Gasteiger partial charge in [0.05, 0.1) is 5.39 Å². The summed E-state index contributed by atoms with van der Waals surface area (Å²) in [5.74, 6) is -0.0801. The fourth-order valence-electron chi connectivity index (χ4n) is 3.85. The van der Waals surface area contributed by atoms with E-state index in [0.29, 0.717) is 16.6 Å². The predicted octanol–water partition coefficient (Wildman–Crippen LogP) is 3.86. The van der Waals surface area contributed by atoms with Crippen molar-refractivity contribution in [2.24, 2.45) is 0 Å². The zero-order valence-electron chi connectivity index (χ0n) is 17.0. The first-order chi connectivity index (χ1) is 14.5. The number of nitrogens with zero attached hydrogens (tertiary/aromatic N) is 3. The van der Waals surface area contributed by atoms with Gasteiger partial charge in [0.25, 0.3) is 5.56 Å². The molecule has 3 aromatic rings. The zero-order chi connectivity index (χ0) is 21.1. The van der Waals surface area contributed by atoms with Crippen molar-refractivity contribution in [3.05, 3.63) is 64.2 Å². The van der Waals surface area contributed by atoms with Crippen LogP contribution in [0.3, 0.4) is 0 Å². The minimum Gasteiger partial charge on any atom is -0.355 e. The van der Waals surface area contributed by atoms with Crippen LogP contribution < -0.4 is 15.8 Å². The van der Waals surface area contributed by atoms with Crippen molar-refractivity contribution >= 4 is 28.2 Å². The predicted molar refractivity (Wildman–Crippen MR) is 116 cm³/mol. The van der Waals surface area contributed by atoms with E-state index in [9.17, 15) is 14.0 Å². The molecule has 156 valence electrons. The first kappa shape index (κ1) is 20.1. The highest BCUT2D eigenvalue weighted by Gasteiger charge is 2.18. The standard InChI is InChI=1S/C23H25FN4O2/c1-16-10-11-17(14-20(16)24)25-21(29)15-28-23(30)19-9-5-4-8-18(19)22(26-28)27-12-6-2-3-7-13-27/h4-5,8-11,14H,2-3,6-7,12-13,15H2,1H3,(H,25,29). The fraction of sp³-hybridized carbons (Fsp3) is 0.348. The van der Waals surface area contributed by atoms with Crippen molar-refractivity contribution in [1.29, 1.82) is 0 Å². The highest BCUT2D eigenvalue weighted by atomic mass is 19.1. The van der Waals surface area contributed by atoms with Gasteiger partial charge in [0.1, 0.15) is 12.4 Å². The van der Waals surface area contributed by atoms with Crippen molar-refractivity contribution in [3.8, 4) is 0 Å². The molecule has 0 radical (unpaired) electrons. The van der Waals surface area contributed by atoms with Gasteiger partial charge in [-0.2, -0.15) is 5.10 Å². The summed E-state index contributed by atoms with van der Waals surface area (Å²) in [6.45, 7) is 3.18. The molecule has 1 saturated heterocycles. The van der Waals surface area contributed by atoms with Crippen LogP contribution in [0.1, 0.15) is 31.2 Å². The second-order valence-electron chi connectivity index (χ2n) is 7.75. The number of amides is 1. The van der Waals surface area contributed by atoms with E-state index in [0.717, 1.165) is 37.1 Å². The molecule has 4 rings (SSSR count). The summed E-state index contributed by atoms with van der Waals surface area (Å²) in [5, 5.41) is 8.57. The highest BCUT2D eigenvalue weighted by molar-refractivity contribution is 5.93. The van der Waals surface area contributed by atoms with E-state index in [1.165, 1.54) is 23.6 Å². The van der Waals surface area contributed by atoms with E-state index < -0.39 is 11.7 Å². The molecule has 7 heteroatoms. The Labute approximate surface area is 174 Å². The van der Waals surface area contributed by atoms with Crippen LogP contribution in [0, 0.1) is 12.7 Å². The molecule has 1 aromatic heterocycles. The summed E-state index contributed by atoms with van der Waals surface area (Å²) in [6.07, 6.45) is 4.52. The van der Waals surface area contributed by atoms with Gasteiger partial charge >= 0.3 is 0 Å². The second kappa shape index (κ2) is 8.65. The third kappa shape index (κ3) is 4.20. The van der Waals surface area contributed by atoms with Gasteiger partial charge in [0.15, 0.2) is 5.82 Å². The van der Waals surface area contributed by atoms with Crippen LogP contribution >= 0.6 is 0 Å². The molecule has 1 N–H and O–H groups in total. The Bertz CT molecular complexity index is 1130. The summed E-state index contributed by atoms with van der Waals surface area (Å²) in [6, 6.07) is 11.9. The third-order valence-electron chi connectivity index (χ3n) is 5.50. The number of fused-ring (bicyclic) bond motifs is 1. The number of benzene rings is 2. The average Bonchev–Trinajstić information content (AvgIpc) is 3.02. The minimum atomic E-state index is -0.426. The summed E-state index contributed by atoms with van der Waals surface area (Å²) in [4.78, 5) is 27.7. The van der Waals surface area contributed by atoms with Gasteiger partial charge in [0.2, 0.25) is 5.91 Å². The van der Waals surface area contributed by atoms with Crippen LogP contribution in [0.4, 0.5) is 15.9 Å². The molecule has 0 unspecified atom stereocenters. The van der Waals surface area contributed by atoms with Gasteiger partial charge in [-0.3, -0.25) is 9.59 Å². The molecule has 1 aliphatic heterocycles. The topological polar surface area (TPSA) is 67.2 Å². The van der Waals surface area contributed by atoms with Gasteiger partial charge in [0, 0.05) is 24.2 Å². The maximum atomic E-state index is 13.8. The molecular formula is C23H25FN4O2. The maximum Gasteiger partial charge on any atom is 0.275 e. The Morgan fingerprint density at radius 2 is 1.77 bits per heavy atom. The molecule has 6 nitrogen and oxygen atoms in total. The maximum absolute atomic E-state index is 13.8. The lowest BCUT2D eigenvalue weighted by Crippen LogP contribution is -2.33. The summed E-state index contributed by atoms with van der Waals surface area (Å²) >= 11 is 0. The SMILES string of the molecule is Cc1ccc(NC(=O)Cn2nc(N3CCCCCC3)c3ccccc3c2=O)cc1F. The number of carbonyl (C=O) groups is 1. The lowest BCUT2D eigenvalue weighted by atomic mass is 10.1. The Balaban J connectivity index is 1.66. The molecule has 1 fully saturated rings.